The molecule has 2 amide bonds. The van der Waals surface area contributed by atoms with Gasteiger partial charge in [-0.15, -0.1) is 0 Å². The number of rotatable bonds is 4. The summed E-state index contributed by atoms with van der Waals surface area (Å²) in [6, 6.07) is 10.2. The molecule has 9 nitrogen and oxygen atoms in total. The second kappa shape index (κ2) is 13.0. The van der Waals surface area contributed by atoms with Crippen LogP contribution in [0.15, 0.2) is 36.5 Å². The maximum atomic E-state index is 13.6. The molecule has 40 heavy (non-hydrogen) atoms. The number of aromatic nitrogens is 2. The summed E-state index contributed by atoms with van der Waals surface area (Å²) >= 11 is 0. The summed E-state index contributed by atoms with van der Waals surface area (Å²) in [7, 11) is 3.86. The zero-order valence-corrected chi connectivity index (χ0v) is 24.1. The van der Waals surface area contributed by atoms with Crippen LogP contribution in [0.25, 0.3) is 0 Å². The fraction of sp³-hybridized carbons (Fsp3) is 0.613. The molecule has 0 bridgehead atoms. The normalized spacial score (nSPS) is 22.3. The zero-order chi connectivity index (χ0) is 28.0. The molecule has 216 valence electrons. The van der Waals surface area contributed by atoms with Gasteiger partial charge >= 0.3 is 0 Å². The highest BCUT2D eigenvalue weighted by Gasteiger charge is 2.41. The first-order chi connectivity index (χ1) is 19.4. The lowest BCUT2D eigenvalue weighted by Gasteiger charge is -2.42. The number of nitrogens with one attached hydrogen (secondary N) is 1. The lowest BCUT2D eigenvalue weighted by molar-refractivity contribution is -0.138. The van der Waals surface area contributed by atoms with Gasteiger partial charge in [0.2, 0.25) is 17.8 Å². The van der Waals surface area contributed by atoms with Crippen molar-refractivity contribution in [2.24, 2.45) is 5.41 Å². The van der Waals surface area contributed by atoms with Crippen molar-refractivity contribution in [1.82, 2.24) is 25.1 Å². The molecule has 3 aliphatic rings. The Labute approximate surface area is 238 Å². The minimum atomic E-state index is -0.366. The fourth-order valence-electron chi connectivity index (χ4n) is 6.46. The molecule has 1 aromatic carbocycles. The predicted octanol–water partition coefficient (Wildman–Crippen LogP) is 3.60. The number of carbonyl (C=O) groups excluding carboxylic acids is 2. The van der Waals surface area contributed by atoms with Crippen LogP contribution in [-0.2, 0) is 16.0 Å². The second-order valence-electron chi connectivity index (χ2n) is 11.8. The Hall–Kier alpha value is -3.20. The van der Waals surface area contributed by atoms with Crippen molar-refractivity contribution in [3.8, 4) is 5.75 Å². The maximum Gasteiger partial charge on any atom is 0.237 e. The van der Waals surface area contributed by atoms with Gasteiger partial charge in [0, 0.05) is 26.8 Å². The summed E-state index contributed by atoms with van der Waals surface area (Å²) in [6.07, 6.45) is 10.3. The van der Waals surface area contributed by atoms with Gasteiger partial charge in [0.25, 0.3) is 0 Å². The molecule has 0 aliphatic carbocycles. The first-order valence-electron chi connectivity index (χ1n) is 15.0. The molecule has 2 saturated heterocycles. The van der Waals surface area contributed by atoms with E-state index in [-0.39, 0.29) is 23.3 Å². The Balaban J connectivity index is 1.19. The maximum absolute atomic E-state index is 13.6. The van der Waals surface area contributed by atoms with E-state index in [4.69, 9.17) is 9.72 Å². The van der Waals surface area contributed by atoms with Crippen molar-refractivity contribution in [1.29, 1.82) is 0 Å². The Bertz CT molecular complexity index is 1160. The molecule has 0 saturated carbocycles. The van der Waals surface area contributed by atoms with Crippen molar-refractivity contribution < 1.29 is 14.3 Å². The van der Waals surface area contributed by atoms with Crippen molar-refractivity contribution in [3.63, 3.8) is 0 Å². The highest BCUT2D eigenvalue weighted by atomic mass is 16.5. The minimum Gasteiger partial charge on any atom is -0.491 e. The molecule has 1 spiro atoms. The summed E-state index contributed by atoms with van der Waals surface area (Å²) in [5.74, 6) is 1.90. The number of para-hydroxylation sites is 1. The van der Waals surface area contributed by atoms with Crippen LogP contribution < -0.4 is 15.0 Å². The van der Waals surface area contributed by atoms with Gasteiger partial charge in [-0.3, -0.25) is 14.5 Å². The zero-order valence-electron chi connectivity index (χ0n) is 24.1. The monoisotopic (exact) mass is 548 g/mol. The van der Waals surface area contributed by atoms with Gasteiger partial charge in [0.05, 0.1) is 30.2 Å². The van der Waals surface area contributed by atoms with Crippen LogP contribution >= 0.6 is 0 Å². The number of piperidine rings is 2. The summed E-state index contributed by atoms with van der Waals surface area (Å²) < 4.78 is 5.99. The van der Waals surface area contributed by atoms with Crippen molar-refractivity contribution >= 4 is 17.8 Å². The number of benzene rings is 1. The van der Waals surface area contributed by atoms with Crippen molar-refractivity contribution in [2.75, 3.05) is 58.3 Å². The van der Waals surface area contributed by atoms with E-state index < -0.39 is 0 Å². The molecule has 1 unspecified atom stereocenters. The largest absolute Gasteiger partial charge is 0.491 e. The molecular formula is C31H44N6O3. The fourth-order valence-corrected chi connectivity index (χ4v) is 6.46. The van der Waals surface area contributed by atoms with Gasteiger partial charge < -0.3 is 19.9 Å². The van der Waals surface area contributed by atoms with E-state index in [9.17, 15) is 9.59 Å². The van der Waals surface area contributed by atoms with Crippen LogP contribution in [0.2, 0.25) is 0 Å². The molecule has 5 rings (SSSR count). The SMILES string of the molecule is CN(C)c1nccc(C2CCCCN2C(=O)CN2CCC3(CCCCc4ccccc4OCCNC3=O)CC2)n1. The van der Waals surface area contributed by atoms with Crippen LogP contribution in [-0.4, -0.2) is 85.0 Å². The number of ether oxygens (including phenoxy) is 1. The molecule has 2 fully saturated rings. The topological polar surface area (TPSA) is 90.9 Å². The Kier molecular flexibility index (Phi) is 9.19. The van der Waals surface area contributed by atoms with E-state index in [2.05, 4.69) is 27.3 Å². The van der Waals surface area contributed by atoms with Gasteiger partial charge in [-0.1, -0.05) is 24.6 Å². The van der Waals surface area contributed by atoms with Crippen molar-refractivity contribution in [2.45, 2.75) is 63.8 Å². The quantitative estimate of drug-likeness (QED) is 0.624. The van der Waals surface area contributed by atoms with Gasteiger partial charge in [0.15, 0.2) is 0 Å². The summed E-state index contributed by atoms with van der Waals surface area (Å²) in [5, 5.41) is 3.16. The predicted molar refractivity (Wildman–Crippen MR) is 155 cm³/mol. The summed E-state index contributed by atoms with van der Waals surface area (Å²) in [6.45, 7) is 3.65. The number of amides is 2. The molecule has 3 aliphatic heterocycles. The molecule has 1 atom stereocenters. The Morgan fingerprint density at radius 3 is 2.73 bits per heavy atom. The third kappa shape index (κ3) is 6.57. The first kappa shape index (κ1) is 28.3. The number of hydrogen-bond donors (Lipinski definition) is 1. The first-order valence-corrected chi connectivity index (χ1v) is 15.0. The van der Waals surface area contributed by atoms with E-state index in [1.807, 2.05) is 42.1 Å². The van der Waals surface area contributed by atoms with E-state index >= 15 is 0 Å². The number of hydrogen-bond acceptors (Lipinski definition) is 7. The van der Waals surface area contributed by atoms with E-state index in [0.29, 0.717) is 25.6 Å². The molecule has 2 aromatic rings. The van der Waals surface area contributed by atoms with Crippen LogP contribution in [0.4, 0.5) is 5.95 Å². The number of likely N-dealkylation sites (tertiary alicyclic amines) is 2. The molecule has 9 heteroatoms. The molecule has 1 N–H and O–H groups in total. The lowest BCUT2D eigenvalue weighted by Crippen LogP contribution is -2.52. The van der Waals surface area contributed by atoms with E-state index in [0.717, 1.165) is 88.9 Å². The lowest BCUT2D eigenvalue weighted by atomic mass is 9.73. The van der Waals surface area contributed by atoms with Crippen molar-refractivity contribution in [3.05, 3.63) is 47.8 Å². The number of fused-ring (bicyclic) bond motifs is 1. The highest BCUT2D eigenvalue weighted by molar-refractivity contribution is 5.83. The van der Waals surface area contributed by atoms with Crippen LogP contribution in [0, 0.1) is 5.41 Å². The third-order valence-electron chi connectivity index (χ3n) is 8.85. The summed E-state index contributed by atoms with van der Waals surface area (Å²) in [4.78, 5) is 42.3. The molecule has 4 heterocycles. The van der Waals surface area contributed by atoms with Gasteiger partial charge in [0.1, 0.15) is 12.4 Å². The average Bonchev–Trinajstić information content (AvgIpc) is 2.98. The van der Waals surface area contributed by atoms with Gasteiger partial charge in [-0.2, -0.15) is 0 Å². The third-order valence-corrected chi connectivity index (χ3v) is 8.85. The molecule has 0 radical (unpaired) electrons. The number of anilines is 1. The standard InChI is InChI=1S/C31H44N6O3/c1-35(2)30-33-17-13-25(34-30)26-11-6-8-19-37(26)28(38)23-36-20-15-31(16-21-36)14-7-5-10-24-9-3-4-12-27(24)40-22-18-32-29(31)39/h3-4,9,12-13,17,26H,5-8,10-11,14-16,18-23H2,1-2H3,(H,32,39). The number of carbonyl (C=O) groups is 2. The van der Waals surface area contributed by atoms with Crippen LogP contribution in [0.5, 0.6) is 5.75 Å². The highest BCUT2D eigenvalue weighted by Crippen LogP contribution is 2.38. The average molecular weight is 549 g/mol. The van der Waals surface area contributed by atoms with Gasteiger partial charge in [-0.25, -0.2) is 9.97 Å². The number of nitrogens with zero attached hydrogens (tertiary/aromatic N) is 5. The summed E-state index contributed by atoms with van der Waals surface area (Å²) in [5.41, 5.74) is 1.80. The van der Waals surface area contributed by atoms with Gasteiger partial charge in [-0.05, 0) is 82.2 Å². The van der Waals surface area contributed by atoms with E-state index in [1.54, 1.807) is 6.20 Å². The second-order valence-corrected chi connectivity index (χ2v) is 11.8. The Morgan fingerprint density at radius 1 is 1.07 bits per heavy atom. The number of aryl methyl sites for hydroxylation is 1. The molecule has 1 aromatic heterocycles. The van der Waals surface area contributed by atoms with Crippen LogP contribution in [0.3, 0.4) is 0 Å². The van der Waals surface area contributed by atoms with Crippen LogP contribution in [0.1, 0.15) is 68.7 Å². The smallest absolute Gasteiger partial charge is 0.237 e. The van der Waals surface area contributed by atoms with E-state index in [1.165, 1.54) is 5.56 Å². The molecular weight excluding hydrogens is 504 g/mol. The minimum absolute atomic E-state index is 0.0106. The Morgan fingerprint density at radius 2 is 1.90 bits per heavy atom.